The average molecular weight is 236 g/mol. The van der Waals surface area contributed by atoms with Crippen molar-refractivity contribution in [3.05, 3.63) is 23.8 Å². The van der Waals surface area contributed by atoms with Crippen LogP contribution in [0.3, 0.4) is 0 Å². The maximum Gasteiger partial charge on any atom is 0.228 e. The van der Waals surface area contributed by atoms with Gasteiger partial charge in [0.05, 0.1) is 12.8 Å². The lowest BCUT2D eigenvalue weighted by Gasteiger charge is -2.21. The van der Waals surface area contributed by atoms with Crippen molar-refractivity contribution in [3.8, 4) is 5.75 Å². The summed E-state index contributed by atoms with van der Waals surface area (Å²) in [5.74, 6) is 0.681. The number of amides is 1. The summed E-state index contributed by atoms with van der Waals surface area (Å²) in [7, 11) is 3.33. The molecule has 0 aliphatic rings. The highest BCUT2D eigenvalue weighted by atomic mass is 16.5. The third kappa shape index (κ3) is 3.46. The van der Waals surface area contributed by atoms with Crippen LogP contribution in [0.4, 0.5) is 5.69 Å². The Balaban J connectivity index is 2.98. The molecule has 1 rings (SSSR count). The van der Waals surface area contributed by atoms with Crippen molar-refractivity contribution in [1.29, 1.82) is 0 Å². The smallest absolute Gasteiger partial charge is 0.228 e. The van der Waals surface area contributed by atoms with Crippen molar-refractivity contribution in [2.45, 2.75) is 26.3 Å². The van der Waals surface area contributed by atoms with Crippen molar-refractivity contribution in [2.75, 3.05) is 19.1 Å². The Labute approximate surface area is 102 Å². The Kier molecular flexibility index (Phi) is 4.52. The van der Waals surface area contributed by atoms with E-state index in [1.807, 2.05) is 32.0 Å². The van der Waals surface area contributed by atoms with Gasteiger partial charge in [0.2, 0.25) is 5.91 Å². The predicted molar refractivity (Wildman–Crippen MR) is 69.4 cm³/mol. The van der Waals surface area contributed by atoms with E-state index in [2.05, 4.69) is 0 Å². The summed E-state index contributed by atoms with van der Waals surface area (Å²) in [6, 6.07) is 5.60. The minimum Gasteiger partial charge on any atom is -0.495 e. The molecule has 0 aliphatic heterocycles. The lowest BCUT2D eigenvalue weighted by molar-refractivity contribution is -0.118. The highest BCUT2D eigenvalue weighted by Gasteiger charge is 2.16. The number of ether oxygens (including phenoxy) is 1. The molecule has 0 saturated carbocycles. The van der Waals surface area contributed by atoms with Crippen LogP contribution in [-0.4, -0.2) is 26.1 Å². The number of nitrogens with two attached hydrogens (primary N) is 1. The third-order valence-corrected chi connectivity index (χ3v) is 2.57. The number of anilines is 1. The van der Waals surface area contributed by atoms with Gasteiger partial charge in [-0.25, -0.2) is 0 Å². The Morgan fingerprint density at radius 2 is 2.18 bits per heavy atom. The average Bonchev–Trinajstić information content (AvgIpc) is 2.27. The van der Waals surface area contributed by atoms with E-state index >= 15 is 0 Å². The van der Waals surface area contributed by atoms with E-state index in [1.165, 1.54) is 0 Å². The van der Waals surface area contributed by atoms with Gasteiger partial charge in [-0.2, -0.15) is 0 Å². The Morgan fingerprint density at radius 1 is 1.53 bits per heavy atom. The molecule has 17 heavy (non-hydrogen) atoms. The standard InChI is InChI=1S/C13H20N2O2/c1-9-5-6-12(17-4)11(7-9)15(3)13(16)8-10(2)14/h5-7,10H,8,14H2,1-4H3. The van der Waals surface area contributed by atoms with Gasteiger partial charge in [-0.05, 0) is 31.5 Å². The van der Waals surface area contributed by atoms with Crippen LogP contribution in [0.25, 0.3) is 0 Å². The zero-order chi connectivity index (χ0) is 13.0. The summed E-state index contributed by atoms with van der Waals surface area (Å²) in [5, 5.41) is 0. The van der Waals surface area contributed by atoms with E-state index in [-0.39, 0.29) is 11.9 Å². The SMILES string of the molecule is COc1ccc(C)cc1N(C)C(=O)CC(C)N. The molecule has 1 atom stereocenters. The Hall–Kier alpha value is -1.55. The summed E-state index contributed by atoms with van der Waals surface area (Å²) >= 11 is 0. The molecule has 0 fully saturated rings. The molecule has 0 bridgehead atoms. The number of hydrogen-bond donors (Lipinski definition) is 1. The fourth-order valence-corrected chi connectivity index (χ4v) is 1.61. The quantitative estimate of drug-likeness (QED) is 0.865. The van der Waals surface area contributed by atoms with Gasteiger partial charge in [-0.15, -0.1) is 0 Å². The minimum atomic E-state index is -0.138. The first-order valence-electron chi connectivity index (χ1n) is 5.62. The Bertz CT molecular complexity index is 402. The Morgan fingerprint density at radius 3 is 2.71 bits per heavy atom. The van der Waals surface area contributed by atoms with Gasteiger partial charge in [0.25, 0.3) is 0 Å². The van der Waals surface area contributed by atoms with E-state index in [9.17, 15) is 4.79 Å². The van der Waals surface area contributed by atoms with Crippen LogP contribution < -0.4 is 15.4 Å². The van der Waals surface area contributed by atoms with Crippen LogP contribution in [0.2, 0.25) is 0 Å². The summed E-state index contributed by atoms with van der Waals surface area (Å²) < 4.78 is 5.25. The number of aryl methyl sites for hydroxylation is 1. The lowest BCUT2D eigenvalue weighted by atomic mass is 10.1. The topological polar surface area (TPSA) is 55.6 Å². The second kappa shape index (κ2) is 5.68. The van der Waals surface area contributed by atoms with E-state index in [0.717, 1.165) is 11.3 Å². The van der Waals surface area contributed by atoms with Crippen LogP contribution in [0.15, 0.2) is 18.2 Å². The molecule has 4 nitrogen and oxygen atoms in total. The monoisotopic (exact) mass is 236 g/mol. The fraction of sp³-hybridized carbons (Fsp3) is 0.462. The van der Waals surface area contributed by atoms with Crippen molar-refractivity contribution in [3.63, 3.8) is 0 Å². The fourth-order valence-electron chi connectivity index (χ4n) is 1.61. The zero-order valence-corrected chi connectivity index (χ0v) is 10.9. The van der Waals surface area contributed by atoms with Gasteiger partial charge >= 0.3 is 0 Å². The van der Waals surface area contributed by atoms with E-state index in [0.29, 0.717) is 12.2 Å². The maximum atomic E-state index is 11.9. The van der Waals surface area contributed by atoms with Gasteiger partial charge in [0.1, 0.15) is 5.75 Å². The molecule has 0 radical (unpaired) electrons. The molecule has 0 aromatic heterocycles. The molecular formula is C13H20N2O2. The van der Waals surface area contributed by atoms with E-state index in [1.54, 1.807) is 19.1 Å². The highest BCUT2D eigenvalue weighted by molar-refractivity contribution is 5.94. The van der Waals surface area contributed by atoms with Gasteiger partial charge in [-0.3, -0.25) is 4.79 Å². The number of carbonyl (C=O) groups is 1. The molecule has 94 valence electrons. The molecule has 1 aromatic carbocycles. The summed E-state index contributed by atoms with van der Waals surface area (Å²) in [6.45, 7) is 3.80. The molecule has 0 spiro atoms. The maximum absolute atomic E-state index is 11.9. The molecule has 0 aliphatic carbocycles. The highest BCUT2D eigenvalue weighted by Crippen LogP contribution is 2.28. The molecule has 0 heterocycles. The second-order valence-electron chi connectivity index (χ2n) is 4.31. The molecule has 4 heteroatoms. The van der Waals surface area contributed by atoms with Gasteiger partial charge in [0.15, 0.2) is 0 Å². The predicted octanol–water partition coefficient (Wildman–Crippen LogP) is 1.70. The normalized spacial score (nSPS) is 12.1. The first kappa shape index (κ1) is 13.5. The van der Waals surface area contributed by atoms with Crippen LogP contribution in [0.1, 0.15) is 18.9 Å². The minimum absolute atomic E-state index is 0.0103. The second-order valence-corrected chi connectivity index (χ2v) is 4.31. The van der Waals surface area contributed by atoms with Crippen LogP contribution in [0.5, 0.6) is 5.75 Å². The summed E-state index contributed by atoms with van der Waals surface area (Å²) in [6.07, 6.45) is 0.327. The van der Waals surface area contributed by atoms with Crippen LogP contribution in [0, 0.1) is 6.92 Å². The van der Waals surface area contributed by atoms with Crippen LogP contribution >= 0.6 is 0 Å². The lowest BCUT2D eigenvalue weighted by Crippen LogP contribution is -2.32. The summed E-state index contributed by atoms with van der Waals surface area (Å²) in [5.41, 5.74) is 7.49. The third-order valence-electron chi connectivity index (χ3n) is 2.57. The number of carbonyl (C=O) groups excluding carboxylic acids is 1. The largest absolute Gasteiger partial charge is 0.495 e. The number of hydrogen-bond acceptors (Lipinski definition) is 3. The molecule has 1 aromatic rings. The summed E-state index contributed by atoms with van der Waals surface area (Å²) in [4.78, 5) is 13.5. The first-order chi connectivity index (χ1) is 7.95. The number of benzene rings is 1. The number of methoxy groups -OCH3 is 1. The molecule has 0 saturated heterocycles. The van der Waals surface area contributed by atoms with Gasteiger partial charge < -0.3 is 15.4 Å². The van der Waals surface area contributed by atoms with Crippen LogP contribution in [-0.2, 0) is 4.79 Å². The molecular weight excluding hydrogens is 216 g/mol. The van der Waals surface area contributed by atoms with Crippen molar-refractivity contribution < 1.29 is 9.53 Å². The van der Waals surface area contributed by atoms with Gasteiger partial charge in [-0.1, -0.05) is 6.07 Å². The molecule has 1 unspecified atom stereocenters. The van der Waals surface area contributed by atoms with Crippen molar-refractivity contribution in [2.24, 2.45) is 5.73 Å². The van der Waals surface area contributed by atoms with Gasteiger partial charge in [0, 0.05) is 19.5 Å². The molecule has 1 amide bonds. The zero-order valence-electron chi connectivity index (χ0n) is 10.9. The first-order valence-corrected chi connectivity index (χ1v) is 5.62. The molecule has 2 N–H and O–H groups in total. The van der Waals surface area contributed by atoms with E-state index in [4.69, 9.17) is 10.5 Å². The van der Waals surface area contributed by atoms with Crippen molar-refractivity contribution >= 4 is 11.6 Å². The number of nitrogens with zero attached hydrogens (tertiary/aromatic N) is 1. The van der Waals surface area contributed by atoms with E-state index < -0.39 is 0 Å². The number of rotatable bonds is 4. The van der Waals surface area contributed by atoms with Crippen molar-refractivity contribution in [1.82, 2.24) is 0 Å².